The van der Waals surface area contributed by atoms with E-state index in [2.05, 4.69) is 31.0 Å². The molecule has 14 heavy (non-hydrogen) atoms. The summed E-state index contributed by atoms with van der Waals surface area (Å²) in [5.41, 5.74) is 2.75. The molecule has 1 heterocycles. The lowest BCUT2D eigenvalue weighted by molar-refractivity contribution is 0.321. The van der Waals surface area contributed by atoms with E-state index in [1.165, 1.54) is 6.21 Å². The van der Waals surface area contributed by atoms with Crippen molar-refractivity contribution < 1.29 is 5.21 Å². The van der Waals surface area contributed by atoms with E-state index in [9.17, 15) is 0 Å². The molecule has 0 aliphatic rings. The highest BCUT2D eigenvalue weighted by molar-refractivity contribution is 5.82. The lowest BCUT2D eigenvalue weighted by Gasteiger charge is -2.21. The summed E-state index contributed by atoms with van der Waals surface area (Å²) in [6, 6.07) is 0. The zero-order valence-electron chi connectivity index (χ0n) is 9.37. The predicted molar refractivity (Wildman–Crippen MR) is 56.1 cm³/mol. The molecule has 1 N–H and O–H groups in total. The third-order valence-electron chi connectivity index (χ3n) is 2.17. The third kappa shape index (κ3) is 1.78. The Morgan fingerprint density at radius 2 is 1.93 bits per heavy atom. The molecule has 0 aromatic carbocycles. The van der Waals surface area contributed by atoms with Gasteiger partial charge in [-0.1, -0.05) is 5.16 Å². The van der Waals surface area contributed by atoms with Crippen molar-refractivity contribution in [2.24, 2.45) is 5.16 Å². The van der Waals surface area contributed by atoms with E-state index in [0.29, 0.717) is 0 Å². The molecule has 1 rings (SSSR count). The smallest absolute Gasteiger partial charge is 0.0770 e. The Bertz CT molecular complexity index is 358. The summed E-state index contributed by atoms with van der Waals surface area (Å²) in [6.45, 7) is 10.2. The van der Waals surface area contributed by atoms with Gasteiger partial charge in [-0.05, 0) is 34.6 Å². The number of rotatable bonds is 1. The standard InChI is InChI=1S/C10H17N3O/c1-7-9(6-11-14)8(2)13(12-7)10(3,4)5/h6,14H,1-5H3/b11-6+. The average Bonchev–Trinajstić information content (AvgIpc) is 2.31. The molecule has 0 radical (unpaired) electrons. The topological polar surface area (TPSA) is 50.4 Å². The van der Waals surface area contributed by atoms with E-state index in [1.54, 1.807) is 0 Å². The fourth-order valence-corrected chi connectivity index (χ4v) is 1.55. The summed E-state index contributed by atoms with van der Waals surface area (Å²) in [7, 11) is 0. The minimum atomic E-state index is -0.0452. The Kier molecular flexibility index (Phi) is 2.64. The van der Waals surface area contributed by atoms with Crippen molar-refractivity contribution in [2.45, 2.75) is 40.2 Å². The second-order valence-corrected chi connectivity index (χ2v) is 4.41. The number of hydrogen-bond donors (Lipinski definition) is 1. The molecule has 0 unspecified atom stereocenters. The lowest BCUT2D eigenvalue weighted by atomic mass is 10.1. The quantitative estimate of drug-likeness (QED) is 0.423. The first-order chi connectivity index (χ1) is 6.38. The zero-order valence-corrected chi connectivity index (χ0v) is 9.37. The highest BCUT2D eigenvalue weighted by Gasteiger charge is 2.19. The molecule has 0 bridgehead atoms. The van der Waals surface area contributed by atoms with Crippen LogP contribution in [-0.2, 0) is 5.54 Å². The number of aryl methyl sites for hydroxylation is 1. The van der Waals surface area contributed by atoms with E-state index in [4.69, 9.17) is 5.21 Å². The fourth-order valence-electron chi connectivity index (χ4n) is 1.55. The van der Waals surface area contributed by atoms with Crippen LogP contribution in [-0.4, -0.2) is 21.2 Å². The largest absolute Gasteiger partial charge is 0.411 e. The number of oxime groups is 1. The Balaban J connectivity index is 3.31. The van der Waals surface area contributed by atoms with E-state index in [-0.39, 0.29) is 5.54 Å². The van der Waals surface area contributed by atoms with Crippen LogP contribution in [0.2, 0.25) is 0 Å². The highest BCUT2D eigenvalue weighted by Crippen LogP contribution is 2.19. The molecule has 78 valence electrons. The summed E-state index contributed by atoms with van der Waals surface area (Å²) >= 11 is 0. The second-order valence-electron chi connectivity index (χ2n) is 4.41. The van der Waals surface area contributed by atoms with Gasteiger partial charge in [0, 0.05) is 11.3 Å². The van der Waals surface area contributed by atoms with Crippen molar-refractivity contribution in [1.29, 1.82) is 0 Å². The Labute approximate surface area is 84.2 Å². The Morgan fingerprint density at radius 1 is 1.36 bits per heavy atom. The summed E-state index contributed by atoms with van der Waals surface area (Å²) in [6.07, 6.45) is 1.43. The van der Waals surface area contributed by atoms with E-state index < -0.39 is 0 Å². The molecule has 4 nitrogen and oxygen atoms in total. The minimum Gasteiger partial charge on any atom is -0.411 e. The van der Waals surface area contributed by atoms with Crippen LogP contribution in [0.15, 0.2) is 5.16 Å². The van der Waals surface area contributed by atoms with E-state index in [0.717, 1.165) is 17.0 Å². The zero-order chi connectivity index (χ0) is 10.9. The normalized spacial score (nSPS) is 12.6. The van der Waals surface area contributed by atoms with Gasteiger partial charge in [-0.3, -0.25) is 4.68 Å². The maximum Gasteiger partial charge on any atom is 0.0770 e. The van der Waals surface area contributed by atoms with Gasteiger partial charge in [-0.25, -0.2) is 0 Å². The van der Waals surface area contributed by atoms with E-state index >= 15 is 0 Å². The molecule has 1 aromatic rings. The predicted octanol–water partition coefficient (Wildman–Crippen LogP) is 2.06. The van der Waals surface area contributed by atoms with Crippen molar-refractivity contribution in [3.05, 3.63) is 17.0 Å². The van der Waals surface area contributed by atoms with Crippen LogP contribution in [0.4, 0.5) is 0 Å². The molecule has 0 aliphatic carbocycles. The maximum atomic E-state index is 8.51. The van der Waals surface area contributed by atoms with Crippen molar-refractivity contribution >= 4 is 6.21 Å². The van der Waals surface area contributed by atoms with Crippen molar-refractivity contribution in [2.75, 3.05) is 0 Å². The molecule has 0 saturated heterocycles. The van der Waals surface area contributed by atoms with Crippen LogP contribution in [0, 0.1) is 13.8 Å². The fraction of sp³-hybridized carbons (Fsp3) is 0.600. The van der Waals surface area contributed by atoms with Crippen molar-refractivity contribution in [3.8, 4) is 0 Å². The van der Waals surface area contributed by atoms with Gasteiger partial charge in [0.05, 0.1) is 17.4 Å². The van der Waals surface area contributed by atoms with Crippen LogP contribution in [0.5, 0.6) is 0 Å². The molecule has 0 spiro atoms. The van der Waals surface area contributed by atoms with Gasteiger partial charge >= 0.3 is 0 Å². The van der Waals surface area contributed by atoms with Crippen LogP contribution in [0.3, 0.4) is 0 Å². The van der Waals surface area contributed by atoms with Gasteiger partial charge in [0.1, 0.15) is 0 Å². The van der Waals surface area contributed by atoms with Crippen LogP contribution < -0.4 is 0 Å². The average molecular weight is 195 g/mol. The molecular formula is C10H17N3O. The van der Waals surface area contributed by atoms with Gasteiger partial charge in [0.15, 0.2) is 0 Å². The minimum absolute atomic E-state index is 0.0452. The Morgan fingerprint density at radius 3 is 2.29 bits per heavy atom. The van der Waals surface area contributed by atoms with Gasteiger partial charge in [-0.2, -0.15) is 5.10 Å². The first kappa shape index (κ1) is 10.8. The summed E-state index contributed by atoms with van der Waals surface area (Å²) < 4.78 is 1.94. The Hall–Kier alpha value is -1.32. The SMILES string of the molecule is Cc1nn(C(C)(C)C)c(C)c1/C=N/O. The van der Waals surface area contributed by atoms with Crippen molar-refractivity contribution in [3.63, 3.8) is 0 Å². The lowest BCUT2D eigenvalue weighted by Crippen LogP contribution is -2.24. The van der Waals surface area contributed by atoms with Gasteiger partial charge in [0.25, 0.3) is 0 Å². The van der Waals surface area contributed by atoms with Crippen molar-refractivity contribution in [1.82, 2.24) is 9.78 Å². The molecular weight excluding hydrogens is 178 g/mol. The molecule has 0 atom stereocenters. The second kappa shape index (κ2) is 3.44. The van der Waals surface area contributed by atoms with Crippen LogP contribution in [0.25, 0.3) is 0 Å². The molecule has 1 aromatic heterocycles. The van der Waals surface area contributed by atoms with Gasteiger partial charge in [0.2, 0.25) is 0 Å². The third-order valence-corrected chi connectivity index (χ3v) is 2.17. The summed E-state index contributed by atoms with van der Waals surface area (Å²) in [5, 5.41) is 16.0. The van der Waals surface area contributed by atoms with Gasteiger partial charge < -0.3 is 5.21 Å². The van der Waals surface area contributed by atoms with Crippen LogP contribution in [0.1, 0.15) is 37.7 Å². The maximum absolute atomic E-state index is 8.51. The molecule has 0 saturated carbocycles. The first-order valence-electron chi connectivity index (χ1n) is 4.62. The highest BCUT2D eigenvalue weighted by atomic mass is 16.4. The molecule has 0 amide bonds. The van der Waals surface area contributed by atoms with Crippen LogP contribution >= 0.6 is 0 Å². The van der Waals surface area contributed by atoms with Gasteiger partial charge in [-0.15, -0.1) is 0 Å². The number of aromatic nitrogens is 2. The number of nitrogens with zero attached hydrogens (tertiary/aromatic N) is 3. The monoisotopic (exact) mass is 195 g/mol. The summed E-state index contributed by atoms with van der Waals surface area (Å²) in [5.74, 6) is 0. The number of hydrogen-bond acceptors (Lipinski definition) is 3. The molecule has 0 fully saturated rings. The summed E-state index contributed by atoms with van der Waals surface area (Å²) in [4.78, 5) is 0. The molecule has 4 heteroatoms. The molecule has 0 aliphatic heterocycles. The first-order valence-corrected chi connectivity index (χ1v) is 4.62. The van der Waals surface area contributed by atoms with E-state index in [1.807, 2.05) is 18.5 Å².